The van der Waals surface area contributed by atoms with Crippen LogP contribution in [0.3, 0.4) is 0 Å². The fourth-order valence-electron chi connectivity index (χ4n) is 3.21. The topological polar surface area (TPSA) is 86.7 Å². The molecule has 2 amide bonds. The van der Waals surface area contributed by atoms with Crippen molar-refractivity contribution in [1.82, 2.24) is 10.2 Å². The van der Waals surface area contributed by atoms with Gasteiger partial charge in [-0.3, -0.25) is 14.4 Å². The minimum atomic E-state index is -1.06. The number of aliphatic carboxylic acids is 1. The molecule has 2 rings (SSSR count). The van der Waals surface area contributed by atoms with E-state index < -0.39 is 5.97 Å². The zero-order valence-corrected chi connectivity index (χ0v) is 11.6. The van der Waals surface area contributed by atoms with Gasteiger partial charge in [0, 0.05) is 24.9 Å². The molecular weight excluding hydrogens is 260 g/mol. The van der Waals surface area contributed by atoms with Crippen molar-refractivity contribution in [1.29, 1.82) is 0 Å². The predicted molar refractivity (Wildman–Crippen MR) is 71.9 cm³/mol. The molecular formula is C14H22N2O4. The Hall–Kier alpha value is -1.59. The van der Waals surface area contributed by atoms with Gasteiger partial charge in [-0.25, -0.2) is 0 Å². The van der Waals surface area contributed by atoms with Crippen LogP contribution in [0.15, 0.2) is 0 Å². The normalized spacial score (nSPS) is 26.3. The van der Waals surface area contributed by atoms with Gasteiger partial charge in [0.15, 0.2) is 0 Å². The highest BCUT2D eigenvalue weighted by Gasteiger charge is 2.38. The molecule has 2 aliphatic rings. The number of carboxylic acid groups (broad SMARTS) is 1. The highest BCUT2D eigenvalue weighted by molar-refractivity contribution is 5.89. The molecule has 2 fully saturated rings. The van der Waals surface area contributed by atoms with E-state index in [0.29, 0.717) is 6.42 Å². The van der Waals surface area contributed by atoms with E-state index in [0.717, 1.165) is 45.2 Å². The van der Waals surface area contributed by atoms with E-state index in [1.807, 2.05) is 4.90 Å². The quantitative estimate of drug-likeness (QED) is 0.791. The molecule has 1 saturated heterocycles. The highest BCUT2D eigenvalue weighted by atomic mass is 16.4. The summed E-state index contributed by atoms with van der Waals surface area (Å²) in [6.07, 6.45) is 5.38. The third-order valence-electron chi connectivity index (χ3n) is 4.25. The van der Waals surface area contributed by atoms with Crippen LogP contribution in [0.4, 0.5) is 0 Å². The minimum absolute atomic E-state index is 0.0812. The number of carboxylic acids is 1. The zero-order chi connectivity index (χ0) is 14.5. The Kier molecular flexibility index (Phi) is 4.98. The van der Waals surface area contributed by atoms with E-state index >= 15 is 0 Å². The predicted octanol–water partition coefficient (Wildman–Crippen LogP) is 0.616. The molecule has 1 aliphatic carbocycles. The van der Waals surface area contributed by atoms with Gasteiger partial charge >= 0.3 is 5.97 Å². The maximum absolute atomic E-state index is 12.5. The second-order valence-corrected chi connectivity index (χ2v) is 5.64. The van der Waals surface area contributed by atoms with Crippen LogP contribution < -0.4 is 5.32 Å². The van der Waals surface area contributed by atoms with Gasteiger partial charge < -0.3 is 15.3 Å². The van der Waals surface area contributed by atoms with Crippen LogP contribution in [-0.2, 0) is 14.4 Å². The van der Waals surface area contributed by atoms with Gasteiger partial charge in [0.1, 0.15) is 6.54 Å². The lowest BCUT2D eigenvalue weighted by Crippen LogP contribution is -2.45. The molecule has 0 aromatic heterocycles. The Morgan fingerprint density at radius 3 is 2.20 bits per heavy atom. The fourth-order valence-corrected chi connectivity index (χ4v) is 3.21. The van der Waals surface area contributed by atoms with Gasteiger partial charge in [0.2, 0.25) is 11.8 Å². The van der Waals surface area contributed by atoms with E-state index in [2.05, 4.69) is 5.32 Å². The average Bonchev–Trinajstić information content (AvgIpc) is 2.98. The molecule has 0 radical (unpaired) electrons. The first-order valence-corrected chi connectivity index (χ1v) is 7.38. The van der Waals surface area contributed by atoms with Crippen molar-refractivity contribution >= 4 is 17.8 Å². The standard InChI is InChI=1S/C14H22N2O4/c17-12(18)9-15-13(19)10-5-1-2-6-11(10)14(20)16-7-3-4-8-16/h10-11H,1-9H2,(H,15,19)(H,17,18)/t10-,11-/m1/s1. The van der Waals surface area contributed by atoms with Gasteiger partial charge in [-0.2, -0.15) is 0 Å². The number of hydrogen-bond donors (Lipinski definition) is 2. The molecule has 0 spiro atoms. The molecule has 112 valence electrons. The molecule has 0 bridgehead atoms. The molecule has 1 heterocycles. The molecule has 2 N–H and O–H groups in total. The minimum Gasteiger partial charge on any atom is -0.480 e. The van der Waals surface area contributed by atoms with Gasteiger partial charge in [0.05, 0.1) is 0 Å². The van der Waals surface area contributed by atoms with Crippen LogP contribution in [-0.4, -0.2) is 47.4 Å². The van der Waals surface area contributed by atoms with Crippen molar-refractivity contribution in [3.8, 4) is 0 Å². The Bertz CT molecular complexity index is 391. The van der Waals surface area contributed by atoms with Gasteiger partial charge in [0.25, 0.3) is 0 Å². The lowest BCUT2D eigenvalue weighted by molar-refractivity contribution is -0.144. The number of amides is 2. The highest BCUT2D eigenvalue weighted by Crippen LogP contribution is 2.32. The lowest BCUT2D eigenvalue weighted by Gasteiger charge is -2.32. The van der Waals surface area contributed by atoms with E-state index in [1.54, 1.807) is 0 Å². The summed E-state index contributed by atoms with van der Waals surface area (Å²) in [7, 11) is 0. The third-order valence-corrected chi connectivity index (χ3v) is 4.25. The number of carbonyl (C=O) groups excluding carboxylic acids is 2. The summed E-state index contributed by atoms with van der Waals surface area (Å²) in [6.45, 7) is 1.21. The fraction of sp³-hybridized carbons (Fsp3) is 0.786. The molecule has 0 aromatic carbocycles. The van der Waals surface area contributed by atoms with Crippen LogP contribution >= 0.6 is 0 Å². The summed E-state index contributed by atoms with van der Waals surface area (Å²) in [6, 6.07) is 0. The van der Waals surface area contributed by atoms with Crippen molar-refractivity contribution in [2.24, 2.45) is 11.8 Å². The maximum atomic E-state index is 12.5. The van der Waals surface area contributed by atoms with Crippen molar-refractivity contribution in [2.75, 3.05) is 19.6 Å². The Labute approximate surface area is 118 Å². The number of hydrogen-bond acceptors (Lipinski definition) is 3. The maximum Gasteiger partial charge on any atom is 0.322 e. The molecule has 0 unspecified atom stereocenters. The first-order chi connectivity index (χ1) is 9.59. The molecule has 2 atom stereocenters. The molecule has 6 heteroatoms. The molecule has 0 aromatic rings. The molecule has 1 saturated carbocycles. The Balaban J connectivity index is 1.98. The first kappa shape index (κ1) is 14.8. The van der Waals surface area contributed by atoms with Crippen molar-refractivity contribution in [3.05, 3.63) is 0 Å². The number of carbonyl (C=O) groups is 3. The number of nitrogens with one attached hydrogen (secondary N) is 1. The monoisotopic (exact) mass is 282 g/mol. The second-order valence-electron chi connectivity index (χ2n) is 5.64. The van der Waals surface area contributed by atoms with Crippen LogP contribution in [0, 0.1) is 11.8 Å². The van der Waals surface area contributed by atoms with Gasteiger partial charge in [-0.15, -0.1) is 0 Å². The Morgan fingerprint density at radius 1 is 1.00 bits per heavy atom. The molecule has 6 nitrogen and oxygen atoms in total. The summed E-state index contributed by atoms with van der Waals surface area (Å²) in [5, 5.41) is 11.0. The number of nitrogens with zero attached hydrogens (tertiary/aromatic N) is 1. The molecule has 1 aliphatic heterocycles. The largest absolute Gasteiger partial charge is 0.480 e. The Morgan fingerprint density at radius 2 is 1.60 bits per heavy atom. The zero-order valence-electron chi connectivity index (χ0n) is 11.6. The van der Waals surface area contributed by atoms with Crippen molar-refractivity contribution in [3.63, 3.8) is 0 Å². The summed E-state index contributed by atoms with van der Waals surface area (Å²) in [5.74, 6) is -1.90. The SMILES string of the molecule is O=C(O)CNC(=O)[C@@H]1CCCC[C@H]1C(=O)N1CCCC1. The second kappa shape index (κ2) is 6.72. The number of rotatable bonds is 4. The van der Waals surface area contributed by atoms with E-state index in [9.17, 15) is 14.4 Å². The van der Waals surface area contributed by atoms with Crippen LogP contribution in [0.5, 0.6) is 0 Å². The summed E-state index contributed by atoms with van der Waals surface area (Å²) in [4.78, 5) is 36.9. The van der Waals surface area contributed by atoms with E-state index in [4.69, 9.17) is 5.11 Å². The van der Waals surface area contributed by atoms with Gasteiger partial charge in [-0.05, 0) is 25.7 Å². The smallest absolute Gasteiger partial charge is 0.322 e. The first-order valence-electron chi connectivity index (χ1n) is 7.38. The van der Waals surface area contributed by atoms with Crippen molar-refractivity contribution < 1.29 is 19.5 Å². The van der Waals surface area contributed by atoms with Crippen molar-refractivity contribution in [2.45, 2.75) is 38.5 Å². The van der Waals surface area contributed by atoms with Gasteiger partial charge in [-0.1, -0.05) is 12.8 Å². The summed E-state index contributed by atoms with van der Waals surface area (Å²) >= 11 is 0. The summed E-state index contributed by atoms with van der Waals surface area (Å²) < 4.78 is 0. The van der Waals surface area contributed by atoms with E-state index in [1.165, 1.54) is 0 Å². The average molecular weight is 282 g/mol. The van der Waals surface area contributed by atoms with Crippen LogP contribution in [0.2, 0.25) is 0 Å². The van der Waals surface area contributed by atoms with Crippen LogP contribution in [0.1, 0.15) is 38.5 Å². The van der Waals surface area contributed by atoms with E-state index in [-0.39, 0.29) is 30.2 Å². The van der Waals surface area contributed by atoms with Crippen LogP contribution in [0.25, 0.3) is 0 Å². The summed E-state index contributed by atoms with van der Waals surface area (Å²) in [5.41, 5.74) is 0. The molecule has 20 heavy (non-hydrogen) atoms. The third kappa shape index (κ3) is 3.49. The number of likely N-dealkylation sites (tertiary alicyclic amines) is 1. The lowest BCUT2D eigenvalue weighted by atomic mass is 9.78.